The molecular formula is C18H30IN3O2. The first-order chi connectivity index (χ1) is 11.2. The first-order valence-electron chi connectivity index (χ1n) is 8.53. The molecule has 0 aliphatic heterocycles. The van der Waals surface area contributed by atoms with Crippen LogP contribution in [0, 0.1) is 5.92 Å². The molecule has 0 spiro atoms. The van der Waals surface area contributed by atoms with Gasteiger partial charge in [0, 0.05) is 25.7 Å². The topological polar surface area (TPSA) is 65.9 Å². The van der Waals surface area contributed by atoms with Crippen molar-refractivity contribution in [1.29, 1.82) is 0 Å². The molecule has 1 fully saturated rings. The van der Waals surface area contributed by atoms with Crippen molar-refractivity contribution >= 4 is 29.9 Å². The second kappa shape index (κ2) is 11.4. The van der Waals surface area contributed by atoms with Crippen molar-refractivity contribution in [3.05, 3.63) is 23.8 Å². The average Bonchev–Trinajstić information content (AvgIpc) is 3.09. The molecular weight excluding hydrogens is 417 g/mol. The third kappa shape index (κ3) is 6.75. The zero-order chi connectivity index (χ0) is 16.5. The molecule has 0 saturated heterocycles. The Kier molecular flexibility index (Phi) is 9.90. The lowest BCUT2D eigenvalue weighted by atomic mass is 10.0. The Morgan fingerprint density at radius 2 is 2.04 bits per heavy atom. The molecule has 3 N–H and O–H groups in total. The lowest BCUT2D eigenvalue weighted by molar-refractivity contribution is 0.410. The van der Waals surface area contributed by atoms with Gasteiger partial charge in [0.15, 0.2) is 5.96 Å². The highest BCUT2D eigenvalue weighted by Gasteiger charge is 2.14. The van der Waals surface area contributed by atoms with Crippen molar-refractivity contribution in [2.24, 2.45) is 10.9 Å². The number of hydrogen-bond acceptors (Lipinski definition) is 3. The van der Waals surface area contributed by atoms with Gasteiger partial charge in [-0.2, -0.15) is 0 Å². The number of rotatable bonds is 7. The second-order valence-corrected chi connectivity index (χ2v) is 6.14. The van der Waals surface area contributed by atoms with Gasteiger partial charge in [0.1, 0.15) is 11.5 Å². The predicted octanol–water partition coefficient (Wildman–Crippen LogP) is 3.65. The Bertz CT molecular complexity index is 517. The van der Waals surface area contributed by atoms with Crippen LogP contribution in [0.4, 0.5) is 0 Å². The largest absolute Gasteiger partial charge is 0.508 e. The SMILES string of the molecule is CN=C(NCCCC1CCCC1)NCc1cc(OC)ccc1O.I. The lowest BCUT2D eigenvalue weighted by Gasteiger charge is -2.14. The predicted molar refractivity (Wildman–Crippen MR) is 109 cm³/mol. The van der Waals surface area contributed by atoms with E-state index < -0.39 is 0 Å². The Labute approximate surface area is 162 Å². The van der Waals surface area contributed by atoms with Crippen molar-refractivity contribution in [3.8, 4) is 11.5 Å². The molecule has 24 heavy (non-hydrogen) atoms. The first kappa shape index (κ1) is 20.9. The Morgan fingerprint density at radius 1 is 1.29 bits per heavy atom. The van der Waals surface area contributed by atoms with Crippen LogP contribution in [0.25, 0.3) is 0 Å². The summed E-state index contributed by atoms with van der Waals surface area (Å²) in [7, 11) is 3.38. The van der Waals surface area contributed by atoms with Gasteiger partial charge >= 0.3 is 0 Å². The zero-order valence-corrected chi connectivity index (χ0v) is 17.0. The van der Waals surface area contributed by atoms with E-state index in [0.29, 0.717) is 6.54 Å². The summed E-state index contributed by atoms with van der Waals surface area (Å²) in [5.41, 5.74) is 0.790. The number of phenolic OH excluding ortho intramolecular Hbond substituents is 1. The molecule has 1 saturated carbocycles. The van der Waals surface area contributed by atoms with Crippen molar-refractivity contribution < 1.29 is 9.84 Å². The fourth-order valence-electron chi connectivity index (χ4n) is 3.13. The second-order valence-electron chi connectivity index (χ2n) is 6.14. The average molecular weight is 447 g/mol. The van der Waals surface area contributed by atoms with E-state index in [4.69, 9.17) is 4.74 Å². The van der Waals surface area contributed by atoms with E-state index in [1.807, 2.05) is 6.07 Å². The first-order valence-corrected chi connectivity index (χ1v) is 8.53. The summed E-state index contributed by atoms with van der Waals surface area (Å²) in [6.45, 7) is 1.44. The third-order valence-corrected chi connectivity index (χ3v) is 4.51. The highest BCUT2D eigenvalue weighted by molar-refractivity contribution is 14.0. The molecule has 1 aromatic rings. The molecule has 0 unspecified atom stereocenters. The van der Waals surface area contributed by atoms with Crippen LogP contribution < -0.4 is 15.4 Å². The van der Waals surface area contributed by atoms with Gasteiger partial charge in [-0.05, 0) is 37.0 Å². The summed E-state index contributed by atoms with van der Waals surface area (Å²) in [6.07, 6.45) is 8.11. The number of aliphatic imine (C=N–C) groups is 1. The molecule has 0 bridgehead atoms. The van der Waals surface area contributed by atoms with Gasteiger partial charge in [0.05, 0.1) is 7.11 Å². The van der Waals surface area contributed by atoms with Crippen molar-refractivity contribution in [2.45, 2.75) is 45.1 Å². The molecule has 6 heteroatoms. The summed E-state index contributed by atoms with van der Waals surface area (Å²) in [6, 6.07) is 5.22. The van der Waals surface area contributed by atoms with Gasteiger partial charge in [-0.1, -0.05) is 25.7 Å². The maximum absolute atomic E-state index is 9.90. The smallest absolute Gasteiger partial charge is 0.191 e. The van der Waals surface area contributed by atoms with E-state index in [9.17, 15) is 5.11 Å². The highest BCUT2D eigenvalue weighted by atomic mass is 127. The Morgan fingerprint density at radius 3 is 2.71 bits per heavy atom. The van der Waals surface area contributed by atoms with Gasteiger partial charge in [0.2, 0.25) is 0 Å². The van der Waals surface area contributed by atoms with Crippen molar-refractivity contribution in [2.75, 3.05) is 20.7 Å². The monoisotopic (exact) mass is 447 g/mol. The fraction of sp³-hybridized carbons (Fsp3) is 0.611. The summed E-state index contributed by atoms with van der Waals surface area (Å²) in [5.74, 6) is 2.69. The Balaban J connectivity index is 0.00000288. The third-order valence-electron chi connectivity index (χ3n) is 4.51. The van der Waals surface area contributed by atoms with Crippen LogP contribution in [0.5, 0.6) is 11.5 Å². The molecule has 2 rings (SSSR count). The molecule has 0 heterocycles. The van der Waals surface area contributed by atoms with Crippen LogP contribution in [0.15, 0.2) is 23.2 Å². The summed E-state index contributed by atoms with van der Waals surface area (Å²) >= 11 is 0. The number of methoxy groups -OCH3 is 1. The van der Waals surface area contributed by atoms with Crippen LogP contribution in [0.3, 0.4) is 0 Å². The van der Waals surface area contributed by atoms with E-state index >= 15 is 0 Å². The normalized spacial score (nSPS) is 15.0. The molecule has 1 aromatic carbocycles. The molecule has 1 aliphatic rings. The zero-order valence-electron chi connectivity index (χ0n) is 14.7. The Hall–Kier alpha value is -1.18. The van der Waals surface area contributed by atoms with Crippen LogP contribution in [0.2, 0.25) is 0 Å². The quantitative estimate of drug-likeness (QED) is 0.259. The van der Waals surface area contributed by atoms with Crippen LogP contribution in [-0.4, -0.2) is 31.8 Å². The maximum atomic E-state index is 9.90. The molecule has 0 amide bonds. The van der Waals surface area contributed by atoms with Crippen molar-refractivity contribution in [3.63, 3.8) is 0 Å². The van der Waals surface area contributed by atoms with E-state index in [1.54, 1.807) is 26.3 Å². The standard InChI is InChI=1S/C18H29N3O2.HI/c1-19-18(20-11-5-8-14-6-3-4-7-14)21-13-15-12-16(23-2)9-10-17(15)22;/h9-10,12,14,22H,3-8,11,13H2,1-2H3,(H2,19,20,21);1H. The highest BCUT2D eigenvalue weighted by Crippen LogP contribution is 2.28. The molecule has 5 nitrogen and oxygen atoms in total. The fourth-order valence-corrected chi connectivity index (χ4v) is 3.13. The summed E-state index contributed by atoms with van der Waals surface area (Å²) in [4.78, 5) is 4.23. The van der Waals surface area contributed by atoms with Gasteiger partial charge < -0.3 is 20.5 Å². The summed E-state index contributed by atoms with van der Waals surface area (Å²) < 4.78 is 5.19. The molecule has 0 atom stereocenters. The molecule has 1 aliphatic carbocycles. The number of hydrogen-bond donors (Lipinski definition) is 3. The summed E-state index contributed by atoms with van der Waals surface area (Å²) in [5, 5.41) is 16.5. The number of nitrogens with one attached hydrogen (secondary N) is 2. The van der Waals surface area contributed by atoms with Crippen molar-refractivity contribution in [1.82, 2.24) is 10.6 Å². The number of nitrogens with zero attached hydrogens (tertiary/aromatic N) is 1. The van der Waals surface area contributed by atoms with E-state index in [0.717, 1.165) is 29.7 Å². The number of ether oxygens (including phenoxy) is 1. The minimum Gasteiger partial charge on any atom is -0.508 e. The maximum Gasteiger partial charge on any atom is 0.191 e. The lowest BCUT2D eigenvalue weighted by Crippen LogP contribution is -2.37. The number of guanidine groups is 1. The van der Waals surface area contributed by atoms with Gasteiger partial charge in [-0.15, -0.1) is 24.0 Å². The molecule has 0 radical (unpaired) electrons. The molecule has 0 aromatic heterocycles. The van der Waals surface area contributed by atoms with Crippen LogP contribution in [-0.2, 0) is 6.54 Å². The van der Waals surface area contributed by atoms with Crippen LogP contribution >= 0.6 is 24.0 Å². The van der Waals surface area contributed by atoms with E-state index in [1.165, 1.54) is 38.5 Å². The minimum absolute atomic E-state index is 0. The van der Waals surface area contributed by atoms with Gasteiger partial charge in [-0.3, -0.25) is 4.99 Å². The number of phenols is 1. The van der Waals surface area contributed by atoms with Crippen LogP contribution in [0.1, 0.15) is 44.1 Å². The minimum atomic E-state index is 0. The van der Waals surface area contributed by atoms with E-state index in [-0.39, 0.29) is 29.7 Å². The molecule has 136 valence electrons. The number of aromatic hydroxyl groups is 1. The van der Waals surface area contributed by atoms with Gasteiger partial charge in [0.25, 0.3) is 0 Å². The number of halogens is 1. The van der Waals surface area contributed by atoms with E-state index in [2.05, 4.69) is 15.6 Å². The number of benzene rings is 1. The van der Waals surface area contributed by atoms with Gasteiger partial charge in [-0.25, -0.2) is 0 Å².